The van der Waals surface area contributed by atoms with Crippen LogP contribution in [0.25, 0.3) is 33.4 Å². The standard InChI is InChI=1S/C65H47N/c1-63(2)55-33-18-17-32-53(55)62-59(63)36-21-37-61(62)66(48-39-41-58-54(42-48)51-31-16-20-35-57(51)64(58,44-22-7-3-8-23-44)45-24-9-4-10-25-45)49-38-40-52-50-30-15-19-34-56(50)65(60(52)43-49,46-26-11-5-12-27-46)47-28-13-6-14-29-47/h3-43H,1-2H3. The zero-order valence-electron chi connectivity index (χ0n) is 37.1. The van der Waals surface area contributed by atoms with Crippen molar-refractivity contribution in [2.24, 2.45) is 0 Å². The molecule has 0 unspecified atom stereocenters. The zero-order chi connectivity index (χ0) is 44.0. The first-order valence-corrected chi connectivity index (χ1v) is 23.3. The summed E-state index contributed by atoms with van der Waals surface area (Å²) in [6, 6.07) is 93.2. The van der Waals surface area contributed by atoms with Crippen LogP contribution in [0.2, 0.25) is 0 Å². The van der Waals surface area contributed by atoms with E-state index < -0.39 is 10.8 Å². The van der Waals surface area contributed by atoms with E-state index in [1.807, 2.05) is 0 Å². The van der Waals surface area contributed by atoms with Gasteiger partial charge >= 0.3 is 0 Å². The molecule has 13 rings (SSSR count). The Kier molecular flexibility index (Phi) is 8.45. The number of benzene rings is 10. The minimum atomic E-state index is -0.537. The van der Waals surface area contributed by atoms with Gasteiger partial charge in [0, 0.05) is 22.4 Å². The maximum Gasteiger partial charge on any atom is 0.0714 e. The van der Waals surface area contributed by atoms with Gasteiger partial charge in [0.2, 0.25) is 0 Å². The first-order valence-electron chi connectivity index (χ1n) is 23.3. The van der Waals surface area contributed by atoms with Gasteiger partial charge in [0.05, 0.1) is 16.5 Å². The van der Waals surface area contributed by atoms with E-state index in [1.54, 1.807) is 0 Å². The maximum absolute atomic E-state index is 2.56. The number of hydrogen-bond acceptors (Lipinski definition) is 1. The van der Waals surface area contributed by atoms with E-state index in [1.165, 1.54) is 94.7 Å². The third-order valence-corrected chi connectivity index (χ3v) is 15.2. The topological polar surface area (TPSA) is 3.24 Å². The summed E-state index contributed by atoms with van der Waals surface area (Å²) in [5, 5.41) is 0. The van der Waals surface area contributed by atoms with Crippen LogP contribution in [0, 0.1) is 0 Å². The highest BCUT2D eigenvalue weighted by atomic mass is 15.1. The van der Waals surface area contributed by atoms with Crippen LogP contribution in [-0.4, -0.2) is 0 Å². The van der Waals surface area contributed by atoms with Crippen molar-refractivity contribution < 1.29 is 0 Å². The van der Waals surface area contributed by atoms with E-state index >= 15 is 0 Å². The van der Waals surface area contributed by atoms with Crippen molar-refractivity contribution >= 4 is 17.1 Å². The Labute approximate surface area is 388 Å². The lowest BCUT2D eigenvalue weighted by molar-refractivity contribution is 0.660. The molecule has 0 amide bonds. The van der Waals surface area contributed by atoms with Crippen LogP contribution in [0.3, 0.4) is 0 Å². The molecule has 0 bridgehead atoms. The number of fused-ring (bicyclic) bond motifs is 9. The molecule has 66 heavy (non-hydrogen) atoms. The Morgan fingerprint density at radius 3 is 1.23 bits per heavy atom. The van der Waals surface area contributed by atoms with Gasteiger partial charge in [-0.1, -0.05) is 232 Å². The van der Waals surface area contributed by atoms with Crippen molar-refractivity contribution in [3.05, 3.63) is 304 Å². The van der Waals surface area contributed by atoms with Crippen LogP contribution in [0.4, 0.5) is 17.1 Å². The van der Waals surface area contributed by atoms with Gasteiger partial charge in [-0.05, 0) is 114 Å². The Balaban J connectivity index is 1.11. The molecule has 0 saturated carbocycles. The summed E-state index contributed by atoms with van der Waals surface area (Å²) in [4.78, 5) is 2.56. The SMILES string of the molecule is CC1(C)c2ccccc2-c2c(N(c3ccc4c(c3)-c3ccccc3C4(c3ccccc3)c3ccccc3)c3ccc4c(c3)C(c3ccccc3)(c3ccccc3)c3ccccc3-4)cccc21. The van der Waals surface area contributed by atoms with E-state index in [4.69, 9.17) is 0 Å². The molecule has 10 aromatic carbocycles. The molecule has 0 heterocycles. The fourth-order valence-electron chi connectivity index (χ4n) is 12.5. The number of hydrogen-bond donors (Lipinski definition) is 0. The molecular formula is C65H47N. The molecular weight excluding hydrogens is 795 g/mol. The molecule has 0 fully saturated rings. The van der Waals surface area contributed by atoms with Gasteiger partial charge in [0.15, 0.2) is 0 Å². The third kappa shape index (κ3) is 5.17. The van der Waals surface area contributed by atoms with Gasteiger partial charge in [0.1, 0.15) is 0 Å². The number of rotatable bonds is 7. The van der Waals surface area contributed by atoms with E-state index in [0.717, 1.165) is 11.4 Å². The van der Waals surface area contributed by atoms with Crippen LogP contribution < -0.4 is 4.90 Å². The molecule has 10 aromatic rings. The summed E-state index contributed by atoms with van der Waals surface area (Å²) >= 11 is 0. The molecule has 0 spiro atoms. The smallest absolute Gasteiger partial charge is 0.0714 e. The first kappa shape index (κ1) is 38.5. The van der Waals surface area contributed by atoms with Crippen LogP contribution in [0.5, 0.6) is 0 Å². The second kappa shape index (κ2) is 14.5. The quantitative estimate of drug-likeness (QED) is 0.155. The molecule has 0 saturated heterocycles. The zero-order valence-corrected chi connectivity index (χ0v) is 37.1. The van der Waals surface area contributed by atoms with Crippen LogP contribution in [-0.2, 0) is 16.2 Å². The second-order valence-electron chi connectivity index (χ2n) is 18.7. The van der Waals surface area contributed by atoms with Crippen molar-refractivity contribution in [3.8, 4) is 33.4 Å². The summed E-state index contributed by atoms with van der Waals surface area (Å²) in [5.41, 5.74) is 22.9. The van der Waals surface area contributed by atoms with Crippen molar-refractivity contribution in [2.45, 2.75) is 30.1 Å². The largest absolute Gasteiger partial charge is 0.310 e. The van der Waals surface area contributed by atoms with Gasteiger partial charge < -0.3 is 4.90 Å². The van der Waals surface area contributed by atoms with E-state index in [0.29, 0.717) is 0 Å². The Morgan fingerprint density at radius 1 is 0.273 bits per heavy atom. The van der Waals surface area contributed by atoms with E-state index in [-0.39, 0.29) is 5.41 Å². The van der Waals surface area contributed by atoms with Crippen LogP contribution >= 0.6 is 0 Å². The molecule has 0 aromatic heterocycles. The molecule has 0 radical (unpaired) electrons. The van der Waals surface area contributed by atoms with E-state index in [2.05, 4.69) is 267 Å². The van der Waals surface area contributed by atoms with Crippen LogP contribution in [0.15, 0.2) is 249 Å². The Bertz CT molecular complexity index is 3420. The van der Waals surface area contributed by atoms with Crippen LogP contribution in [0.1, 0.15) is 69.5 Å². The average Bonchev–Trinajstić information content (AvgIpc) is 3.94. The molecule has 3 aliphatic rings. The predicted octanol–water partition coefficient (Wildman–Crippen LogP) is 16.2. The summed E-state index contributed by atoms with van der Waals surface area (Å²) in [6.07, 6.45) is 0. The highest BCUT2D eigenvalue weighted by Crippen LogP contribution is 2.61. The molecule has 1 nitrogen and oxygen atoms in total. The monoisotopic (exact) mass is 841 g/mol. The lowest BCUT2D eigenvalue weighted by atomic mass is 9.67. The van der Waals surface area contributed by atoms with Gasteiger partial charge in [-0.2, -0.15) is 0 Å². The van der Waals surface area contributed by atoms with Gasteiger partial charge in [0.25, 0.3) is 0 Å². The van der Waals surface area contributed by atoms with Crippen molar-refractivity contribution in [1.29, 1.82) is 0 Å². The van der Waals surface area contributed by atoms with Gasteiger partial charge in [-0.25, -0.2) is 0 Å². The summed E-state index contributed by atoms with van der Waals surface area (Å²) < 4.78 is 0. The third-order valence-electron chi connectivity index (χ3n) is 15.2. The Hall–Kier alpha value is -8.00. The molecule has 312 valence electrons. The molecule has 0 aliphatic heterocycles. The fourth-order valence-corrected chi connectivity index (χ4v) is 12.5. The minimum absolute atomic E-state index is 0.162. The maximum atomic E-state index is 2.56. The highest BCUT2D eigenvalue weighted by Gasteiger charge is 2.48. The lowest BCUT2D eigenvalue weighted by Crippen LogP contribution is -2.29. The molecule has 0 atom stereocenters. The Morgan fingerprint density at radius 2 is 0.667 bits per heavy atom. The molecule has 3 aliphatic carbocycles. The highest BCUT2D eigenvalue weighted by molar-refractivity contribution is 5.98. The van der Waals surface area contributed by atoms with Gasteiger partial charge in [-0.15, -0.1) is 0 Å². The van der Waals surface area contributed by atoms with Crippen molar-refractivity contribution in [1.82, 2.24) is 0 Å². The molecule has 1 heteroatoms. The van der Waals surface area contributed by atoms with Crippen molar-refractivity contribution in [2.75, 3.05) is 4.90 Å². The van der Waals surface area contributed by atoms with Crippen molar-refractivity contribution in [3.63, 3.8) is 0 Å². The normalized spacial score (nSPS) is 14.9. The lowest BCUT2D eigenvalue weighted by Gasteiger charge is -2.35. The minimum Gasteiger partial charge on any atom is -0.310 e. The predicted molar refractivity (Wildman–Crippen MR) is 273 cm³/mol. The summed E-state index contributed by atoms with van der Waals surface area (Å²) in [6.45, 7) is 4.76. The second-order valence-corrected chi connectivity index (χ2v) is 18.7. The summed E-state index contributed by atoms with van der Waals surface area (Å²) in [7, 11) is 0. The average molecular weight is 842 g/mol. The van der Waals surface area contributed by atoms with Gasteiger partial charge in [-0.3, -0.25) is 0 Å². The number of anilines is 3. The van der Waals surface area contributed by atoms with E-state index in [9.17, 15) is 0 Å². The summed E-state index contributed by atoms with van der Waals surface area (Å²) in [5.74, 6) is 0. The number of nitrogens with zero attached hydrogens (tertiary/aromatic N) is 1. The first-order chi connectivity index (χ1) is 32.5. The fraction of sp³-hybridized carbons (Fsp3) is 0.0769. The molecule has 0 N–H and O–H groups in total.